The Morgan fingerprint density at radius 3 is 2.30 bits per heavy atom. The van der Waals surface area contributed by atoms with E-state index in [9.17, 15) is 0 Å². The Labute approximate surface area is 139 Å². The Kier molecular flexibility index (Phi) is 4.52. The fourth-order valence-electron chi connectivity index (χ4n) is 4.28. The van der Waals surface area contributed by atoms with Crippen molar-refractivity contribution in [2.24, 2.45) is 0 Å². The zero-order chi connectivity index (χ0) is 15.5. The highest BCUT2D eigenvalue weighted by Gasteiger charge is 2.19. The van der Waals surface area contributed by atoms with Crippen LogP contribution in [0.25, 0.3) is 10.8 Å². The normalized spacial score (nSPS) is 20.7. The van der Waals surface area contributed by atoms with Gasteiger partial charge in [0.25, 0.3) is 0 Å². The lowest BCUT2D eigenvalue weighted by Gasteiger charge is -2.27. The molecule has 0 aromatic heterocycles. The summed E-state index contributed by atoms with van der Waals surface area (Å²) in [6.45, 7) is 1.77. The Morgan fingerprint density at radius 1 is 0.783 bits per heavy atom. The van der Waals surface area contributed by atoms with E-state index >= 15 is 0 Å². The molecule has 1 aliphatic carbocycles. The first-order valence-corrected chi connectivity index (χ1v) is 9.28. The van der Waals surface area contributed by atoms with Gasteiger partial charge in [-0.15, -0.1) is 0 Å². The molecule has 0 spiro atoms. The maximum Gasteiger partial charge on any atom is 0.0485 e. The van der Waals surface area contributed by atoms with Gasteiger partial charge in [-0.2, -0.15) is 0 Å². The van der Waals surface area contributed by atoms with Crippen LogP contribution in [0.2, 0.25) is 0 Å². The van der Waals surface area contributed by atoms with Gasteiger partial charge in [-0.3, -0.25) is 0 Å². The third-order valence-electron chi connectivity index (χ3n) is 5.58. The number of rotatable bonds is 3. The monoisotopic (exact) mass is 309 g/mol. The van der Waals surface area contributed by atoms with Gasteiger partial charge in [-0.1, -0.05) is 49.6 Å². The van der Waals surface area contributed by atoms with Crippen LogP contribution in [0.15, 0.2) is 36.4 Å². The number of benzene rings is 2. The molecule has 23 heavy (non-hydrogen) atoms. The number of hydrogen-bond acceptors (Lipinski definition) is 2. The standard InChI is InChI=1S/C21H27NO/c1-2-6-16(7-3-1)18-10-11-21(20-9-5-4-8-19(18)20)22-17-12-14-23-15-13-17/h4-5,8-11,16-17,22H,1-3,6-7,12-15H2. The molecule has 4 rings (SSSR count). The molecule has 1 heterocycles. The first kappa shape index (κ1) is 15.0. The van der Waals surface area contributed by atoms with Gasteiger partial charge < -0.3 is 10.1 Å². The first-order chi connectivity index (χ1) is 11.4. The van der Waals surface area contributed by atoms with E-state index in [0.717, 1.165) is 32.0 Å². The lowest BCUT2D eigenvalue weighted by molar-refractivity contribution is 0.0905. The number of anilines is 1. The molecule has 2 aliphatic rings. The van der Waals surface area contributed by atoms with Gasteiger partial charge in [-0.05, 0) is 48.6 Å². The van der Waals surface area contributed by atoms with Crippen LogP contribution in [-0.4, -0.2) is 19.3 Å². The lowest BCUT2D eigenvalue weighted by Crippen LogP contribution is -2.27. The highest BCUT2D eigenvalue weighted by Crippen LogP contribution is 2.38. The van der Waals surface area contributed by atoms with Gasteiger partial charge in [0.1, 0.15) is 0 Å². The molecule has 0 unspecified atom stereocenters. The molecular weight excluding hydrogens is 282 g/mol. The third-order valence-corrected chi connectivity index (χ3v) is 5.58. The number of hydrogen-bond donors (Lipinski definition) is 1. The fourth-order valence-corrected chi connectivity index (χ4v) is 4.28. The number of fused-ring (bicyclic) bond motifs is 1. The predicted molar refractivity (Wildman–Crippen MR) is 97.2 cm³/mol. The summed E-state index contributed by atoms with van der Waals surface area (Å²) in [4.78, 5) is 0. The van der Waals surface area contributed by atoms with Crippen LogP contribution in [0.1, 0.15) is 56.4 Å². The van der Waals surface area contributed by atoms with E-state index in [1.54, 1.807) is 5.56 Å². The van der Waals surface area contributed by atoms with E-state index in [-0.39, 0.29) is 0 Å². The van der Waals surface area contributed by atoms with Crippen LogP contribution < -0.4 is 5.32 Å². The van der Waals surface area contributed by atoms with E-state index < -0.39 is 0 Å². The Balaban J connectivity index is 1.67. The van der Waals surface area contributed by atoms with Crippen LogP contribution in [-0.2, 0) is 4.74 Å². The Morgan fingerprint density at radius 2 is 1.52 bits per heavy atom. The summed E-state index contributed by atoms with van der Waals surface area (Å²) in [5, 5.41) is 6.62. The van der Waals surface area contributed by atoms with E-state index in [1.165, 1.54) is 48.6 Å². The summed E-state index contributed by atoms with van der Waals surface area (Å²) in [5.41, 5.74) is 2.87. The smallest absolute Gasteiger partial charge is 0.0485 e. The summed E-state index contributed by atoms with van der Waals surface area (Å²) in [6.07, 6.45) is 9.13. The fraction of sp³-hybridized carbons (Fsp3) is 0.524. The van der Waals surface area contributed by atoms with Crippen LogP contribution in [0, 0.1) is 0 Å². The third kappa shape index (κ3) is 3.23. The van der Waals surface area contributed by atoms with E-state index in [1.807, 2.05) is 0 Å². The summed E-state index contributed by atoms with van der Waals surface area (Å²) in [6, 6.07) is 14.2. The van der Waals surface area contributed by atoms with Crippen LogP contribution >= 0.6 is 0 Å². The van der Waals surface area contributed by atoms with Crippen molar-refractivity contribution in [3.8, 4) is 0 Å². The summed E-state index contributed by atoms with van der Waals surface area (Å²) < 4.78 is 5.48. The molecule has 2 heteroatoms. The summed E-state index contributed by atoms with van der Waals surface area (Å²) in [5.74, 6) is 0.755. The minimum Gasteiger partial charge on any atom is -0.382 e. The predicted octanol–water partition coefficient (Wildman–Crippen LogP) is 5.48. The average Bonchev–Trinajstić information content (AvgIpc) is 2.64. The van der Waals surface area contributed by atoms with Crippen molar-refractivity contribution in [3.05, 3.63) is 42.0 Å². The largest absolute Gasteiger partial charge is 0.382 e. The van der Waals surface area contributed by atoms with E-state index in [0.29, 0.717) is 6.04 Å². The Hall–Kier alpha value is -1.54. The molecule has 1 aliphatic heterocycles. The number of nitrogens with one attached hydrogen (secondary N) is 1. The first-order valence-electron chi connectivity index (χ1n) is 9.28. The molecular formula is C21H27NO. The molecule has 0 radical (unpaired) electrons. The maximum absolute atomic E-state index is 5.48. The molecule has 2 aromatic rings. The van der Waals surface area contributed by atoms with E-state index in [2.05, 4.69) is 41.7 Å². The number of ether oxygens (including phenoxy) is 1. The van der Waals surface area contributed by atoms with Gasteiger partial charge in [0.05, 0.1) is 0 Å². The molecule has 1 saturated carbocycles. The second-order valence-electron chi connectivity index (χ2n) is 7.11. The zero-order valence-electron chi connectivity index (χ0n) is 13.9. The van der Waals surface area contributed by atoms with Crippen LogP contribution in [0.5, 0.6) is 0 Å². The van der Waals surface area contributed by atoms with Crippen LogP contribution in [0.4, 0.5) is 5.69 Å². The van der Waals surface area contributed by atoms with Crippen molar-refractivity contribution in [3.63, 3.8) is 0 Å². The van der Waals surface area contributed by atoms with Gasteiger partial charge in [0, 0.05) is 30.3 Å². The molecule has 0 amide bonds. The highest BCUT2D eigenvalue weighted by molar-refractivity contribution is 5.96. The summed E-state index contributed by atoms with van der Waals surface area (Å²) >= 11 is 0. The minimum atomic E-state index is 0.549. The van der Waals surface area contributed by atoms with Gasteiger partial charge in [0.15, 0.2) is 0 Å². The van der Waals surface area contributed by atoms with Crippen molar-refractivity contribution in [2.45, 2.75) is 56.9 Å². The molecule has 2 aromatic carbocycles. The lowest BCUT2D eigenvalue weighted by atomic mass is 9.82. The van der Waals surface area contributed by atoms with Crippen molar-refractivity contribution >= 4 is 16.5 Å². The molecule has 0 bridgehead atoms. The molecule has 122 valence electrons. The van der Waals surface area contributed by atoms with Crippen molar-refractivity contribution in [1.29, 1.82) is 0 Å². The molecule has 1 saturated heterocycles. The maximum atomic E-state index is 5.48. The van der Waals surface area contributed by atoms with Crippen molar-refractivity contribution in [2.75, 3.05) is 18.5 Å². The van der Waals surface area contributed by atoms with Crippen LogP contribution in [0.3, 0.4) is 0 Å². The average molecular weight is 309 g/mol. The SMILES string of the molecule is c1ccc2c(C3CCCCC3)ccc(NC3CCOCC3)c2c1. The minimum absolute atomic E-state index is 0.549. The van der Waals surface area contributed by atoms with Gasteiger partial charge in [-0.25, -0.2) is 0 Å². The molecule has 2 fully saturated rings. The van der Waals surface area contributed by atoms with Crippen molar-refractivity contribution < 1.29 is 4.74 Å². The highest BCUT2D eigenvalue weighted by atomic mass is 16.5. The molecule has 1 N–H and O–H groups in total. The van der Waals surface area contributed by atoms with E-state index in [4.69, 9.17) is 4.74 Å². The Bertz CT molecular complexity index is 654. The van der Waals surface area contributed by atoms with Crippen molar-refractivity contribution in [1.82, 2.24) is 0 Å². The molecule has 0 atom stereocenters. The second-order valence-corrected chi connectivity index (χ2v) is 7.11. The quantitative estimate of drug-likeness (QED) is 0.810. The topological polar surface area (TPSA) is 21.3 Å². The molecule has 2 nitrogen and oxygen atoms in total. The summed E-state index contributed by atoms with van der Waals surface area (Å²) in [7, 11) is 0. The van der Waals surface area contributed by atoms with Gasteiger partial charge >= 0.3 is 0 Å². The second kappa shape index (κ2) is 6.92. The zero-order valence-corrected chi connectivity index (χ0v) is 13.9. The van der Waals surface area contributed by atoms with Gasteiger partial charge in [0.2, 0.25) is 0 Å².